The normalized spacial score (nSPS) is 10.8. The molecule has 0 amide bonds. The molecule has 0 aliphatic heterocycles. The minimum atomic E-state index is 0.334. The van der Waals surface area contributed by atoms with Gasteiger partial charge < -0.3 is 10.6 Å². The summed E-state index contributed by atoms with van der Waals surface area (Å²) in [5.74, 6) is 0.961. The second kappa shape index (κ2) is 6.27. The standard InChI is InChI=1S/C16H20BrN3/c1-11(2)20(10-13-6-4-5-7-14(13)18)16-15(17)12(3)8-9-19-16/h4-9,11H,10,18H2,1-3H3. The molecule has 0 bridgehead atoms. The molecule has 20 heavy (non-hydrogen) atoms. The van der Waals surface area contributed by atoms with Crippen LogP contribution in [-0.2, 0) is 6.54 Å². The zero-order valence-electron chi connectivity index (χ0n) is 12.1. The molecule has 1 aromatic heterocycles. The molecule has 106 valence electrons. The van der Waals surface area contributed by atoms with E-state index >= 15 is 0 Å². The Morgan fingerprint density at radius 3 is 2.60 bits per heavy atom. The van der Waals surface area contributed by atoms with E-state index in [2.05, 4.69) is 52.7 Å². The molecule has 1 aromatic carbocycles. The minimum Gasteiger partial charge on any atom is -0.398 e. The van der Waals surface area contributed by atoms with Crippen molar-refractivity contribution >= 4 is 27.4 Å². The smallest absolute Gasteiger partial charge is 0.143 e. The van der Waals surface area contributed by atoms with Crippen LogP contribution in [0, 0.1) is 6.92 Å². The van der Waals surface area contributed by atoms with Crippen LogP contribution in [0.3, 0.4) is 0 Å². The van der Waals surface area contributed by atoms with E-state index in [4.69, 9.17) is 5.73 Å². The lowest BCUT2D eigenvalue weighted by Crippen LogP contribution is -2.31. The Morgan fingerprint density at radius 1 is 1.25 bits per heavy atom. The molecule has 0 unspecified atom stereocenters. The fourth-order valence-corrected chi connectivity index (χ4v) is 2.55. The van der Waals surface area contributed by atoms with Crippen LogP contribution < -0.4 is 10.6 Å². The summed E-state index contributed by atoms with van der Waals surface area (Å²) in [6.07, 6.45) is 1.85. The highest BCUT2D eigenvalue weighted by Gasteiger charge is 2.17. The van der Waals surface area contributed by atoms with Crippen LogP contribution in [0.4, 0.5) is 11.5 Å². The lowest BCUT2D eigenvalue weighted by molar-refractivity contribution is 0.671. The van der Waals surface area contributed by atoms with Crippen molar-refractivity contribution in [3.8, 4) is 0 Å². The van der Waals surface area contributed by atoms with E-state index in [1.54, 1.807) is 0 Å². The molecular formula is C16H20BrN3. The first-order valence-corrected chi connectivity index (χ1v) is 7.51. The average Bonchev–Trinajstić information content (AvgIpc) is 2.41. The van der Waals surface area contributed by atoms with Gasteiger partial charge in [0, 0.05) is 24.5 Å². The summed E-state index contributed by atoms with van der Waals surface area (Å²) >= 11 is 3.65. The quantitative estimate of drug-likeness (QED) is 0.854. The van der Waals surface area contributed by atoms with Crippen molar-refractivity contribution in [2.75, 3.05) is 10.6 Å². The number of rotatable bonds is 4. The van der Waals surface area contributed by atoms with Gasteiger partial charge in [-0.2, -0.15) is 0 Å². The number of aromatic nitrogens is 1. The minimum absolute atomic E-state index is 0.334. The molecule has 1 heterocycles. The largest absolute Gasteiger partial charge is 0.398 e. The topological polar surface area (TPSA) is 42.2 Å². The van der Waals surface area contributed by atoms with Crippen LogP contribution in [0.25, 0.3) is 0 Å². The Kier molecular flexibility index (Phi) is 4.65. The molecule has 2 N–H and O–H groups in total. The molecule has 3 nitrogen and oxygen atoms in total. The SMILES string of the molecule is Cc1ccnc(N(Cc2ccccc2N)C(C)C)c1Br. The number of para-hydroxylation sites is 1. The number of aryl methyl sites for hydroxylation is 1. The van der Waals surface area contributed by atoms with Crippen molar-refractivity contribution in [1.82, 2.24) is 4.98 Å². The van der Waals surface area contributed by atoms with Crippen molar-refractivity contribution in [3.63, 3.8) is 0 Å². The summed E-state index contributed by atoms with van der Waals surface area (Å²) in [5.41, 5.74) is 9.18. The van der Waals surface area contributed by atoms with Crippen LogP contribution >= 0.6 is 15.9 Å². The second-order valence-corrected chi connectivity index (χ2v) is 5.98. The van der Waals surface area contributed by atoms with E-state index in [1.807, 2.05) is 30.5 Å². The molecule has 0 saturated heterocycles. The van der Waals surface area contributed by atoms with Crippen LogP contribution in [-0.4, -0.2) is 11.0 Å². The van der Waals surface area contributed by atoms with E-state index in [0.717, 1.165) is 28.1 Å². The Hall–Kier alpha value is -1.55. The summed E-state index contributed by atoms with van der Waals surface area (Å²) in [6, 6.07) is 10.3. The van der Waals surface area contributed by atoms with Crippen molar-refractivity contribution in [1.29, 1.82) is 0 Å². The van der Waals surface area contributed by atoms with Gasteiger partial charge in [0.25, 0.3) is 0 Å². The predicted molar refractivity (Wildman–Crippen MR) is 88.8 cm³/mol. The Balaban J connectivity index is 2.38. The first kappa shape index (κ1) is 14.9. The molecule has 0 atom stereocenters. The molecular weight excluding hydrogens is 314 g/mol. The molecule has 2 aromatic rings. The predicted octanol–water partition coefficient (Wildman–Crippen LogP) is 4.15. The third kappa shape index (κ3) is 3.12. The van der Waals surface area contributed by atoms with Crippen molar-refractivity contribution in [2.45, 2.75) is 33.4 Å². The number of benzene rings is 1. The first-order valence-electron chi connectivity index (χ1n) is 6.72. The van der Waals surface area contributed by atoms with Crippen LogP contribution in [0.1, 0.15) is 25.0 Å². The average molecular weight is 334 g/mol. The van der Waals surface area contributed by atoms with Crippen LogP contribution in [0.15, 0.2) is 41.0 Å². The number of pyridine rings is 1. The zero-order chi connectivity index (χ0) is 14.7. The number of nitrogen functional groups attached to an aromatic ring is 1. The number of hydrogen-bond acceptors (Lipinski definition) is 3. The van der Waals surface area contributed by atoms with Gasteiger partial charge in [-0.3, -0.25) is 0 Å². The van der Waals surface area contributed by atoms with Gasteiger partial charge >= 0.3 is 0 Å². The van der Waals surface area contributed by atoms with Gasteiger partial charge in [-0.25, -0.2) is 4.98 Å². The van der Waals surface area contributed by atoms with Gasteiger partial charge in [-0.15, -0.1) is 0 Å². The number of nitrogens with zero attached hydrogens (tertiary/aromatic N) is 2. The van der Waals surface area contributed by atoms with E-state index in [1.165, 1.54) is 5.56 Å². The van der Waals surface area contributed by atoms with Gasteiger partial charge in [-0.1, -0.05) is 18.2 Å². The number of anilines is 2. The van der Waals surface area contributed by atoms with E-state index in [0.29, 0.717) is 6.04 Å². The molecule has 0 radical (unpaired) electrons. The molecule has 0 saturated carbocycles. The van der Waals surface area contributed by atoms with Gasteiger partial charge in [0.15, 0.2) is 0 Å². The van der Waals surface area contributed by atoms with Crippen LogP contribution in [0.5, 0.6) is 0 Å². The van der Waals surface area contributed by atoms with Gasteiger partial charge in [0.1, 0.15) is 5.82 Å². The maximum atomic E-state index is 6.06. The van der Waals surface area contributed by atoms with Crippen molar-refractivity contribution in [3.05, 3.63) is 52.1 Å². The van der Waals surface area contributed by atoms with Gasteiger partial charge in [-0.05, 0) is 60.0 Å². The Labute approximate surface area is 129 Å². The molecule has 0 spiro atoms. The maximum Gasteiger partial charge on any atom is 0.143 e. The lowest BCUT2D eigenvalue weighted by atomic mass is 10.1. The van der Waals surface area contributed by atoms with Crippen molar-refractivity contribution < 1.29 is 0 Å². The molecule has 0 aliphatic rings. The molecule has 0 aliphatic carbocycles. The third-order valence-electron chi connectivity index (χ3n) is 3.36. The van der Waals surface area contributed by atoms with Crippen LogP contribution in [0.2, 0.25) is 0 Å². The highest BCUT2D eigenvalue weighted by molar-refractivity contribution is 9.10. The first-order chi connectivity index (χ1) is 9.50. The molecule has 4 heteroatoms. The lowest BCUT2D eigenvalue weighted by Gasteiger charge is -2.29. The summed E-state index contributed by atoms with van der Waals surface area (Å²) < 4.78 is 1.04. The Bertz CT molecular complexity index is 596. The summed E-state index contributed by atoms with van der Waals surface area (Å²) in [4.78, 5) is 6.78. The van der Waals surface area contributed by atoms with Gasteiger partial charge in [0.05, 0.1) is 4.47 Å². The number of hydrogen-bond donors (Lipinski definition) is 1. The summed E-state index contributed by atoms with van der Waals surface area (Å²) in [7, 11) is 0. The highest BCUT2D eigenvalue weighted by atomic mass is 79.9. The molecule has 0 fully saturated rings. The van der Waals surface area contributed by atoms with E-state index in [9.17, 15) is 0 Å². The second-order valence-electron chi connectivity index (χ2n) is 5.19. The number of nitrogens with two attached hydrogens (primary N) is 1. The third-order valence-corrected chi connectivity index (χ3v) is 4.34. The van der Waals surface area contributed by atoms with E-state index in [-0.39, 0.29) is 0 Å². The van der Waals surface area contributed by atoms with Gasteiger partial charge in [0.2, 0.25) is 0 Å². The Morgan fingerprint density at radius 2 is 1.95 bits per heavy atom. The summed E-state index contributed by atoms with van der Waals surface area (Å²) in [5, 5.41) is 0. The fraction of sp³-hybridized carbons (Fsp3) is 0.312. The van der Waals surface area contributed by atoms with Crippen molar-refractivity contribution in [2.24, 2.45) is 0 Å². The number of halogens is 1. The fourth-order valence-electron chi connectivity index (χ4n) is 2.09. The monoisotopic (exact) mass is 333 g/mol. The summed E-state index contributed by atoms with van der Waals surface area (Å²) in [6.45, 7) is 7.15. The molecule has 2 rings (SSSR count). The maximum absolute atomic E-state index is 6.06. The highest BCUT2D eigenvalue weighted by Crippen LogP contribution is 2.30. The van der Waals surface area contributed by atoms with E-state index < -0.39 is 0 Å². The zero-order valence-corrected chi connectivity index (χ0v) is 13.7.